The molecule has 0 aromatic heterocycles. The molecule has 1 N–H and O–H groups in total. The van der Waals surface area contributed by atoms with E-state index in [0.717, 1.165) is 6.04 Å². The summed E-state index contributed by atoms with van der Waals surface area (Å²) in [6.07, 6.45) is 13.7. The van der Waals surface area contributed by atoms with Crippen molar-refractivity contribution >= 4 is 31.6 Å². The SMILES string of the molecule is CCCCCCCCCCCC[Si]1(C)O[Si](C)(C)[Si](C)([Si](C)(C)O)O1. The maximum absolute atomic E-state index is 10.8. The molecule has 0 saturated carbocycles. The minimum absolute atomic E-state index is 1.12. The van der Waals surface area contributed by atoms with E-state index < -0.39 is 31.6 Å². The molecule has 1 aliphatic rings. The Morgan fingerprint density at radius 3 is 1.56 bits per heavy atom. The molecule has 0 aliphatic carbocycles. The molecule has 7 heteroatoms. The van der Waals surface area contributed by atoms with Crippen LogP contribution in [0.15, 0.2) is 0 Å². The zero-order valence-corrected chi connectivity index (χ0v) is 22.0. The lowest BCUT2D eigenvalue weighted by molar-refractivity contribution is 0.428. The largest absolute Gasteiger partial charge is 0.437 e. The van der Waals surface area contributed by atoms with E-state index in [1.165, 1.54) is 64.2 Å². The molecule has 1 heterocycles. The van der Waals surface area contributed by atoms with E-state index in [4.69, 9.17) is 8.23 Å². The summed E-state index contributed by atoms with van der Waals surface area (Å²) >= 11 is 0. The minimum atomic E-state index is -2.26. The first-order valence-corrected chi connectivity index (χ1v) is 23.4. The van der Waals surface area contributed by atoms with Crippen molar-refractivity contribution in [3.05, 3.63) is 0 Å². The van der Waals surface area contributed by atoms with Gasteiger partial charge in [-0.1, -0.05) is 71.1 Å². The van der Waals surface area contributed by atoms with Crippen LogP contribution in [-0.4, -0.2) is 36.4 Å². The summed E-state index contributed by atoms with van der Waals surface area (Å²) in [6, 6.07) is 1.12. The molecule has 3 nitrogen and oxygen atoms in total. The highest BCUT2D eigenvalue weighted by Gasteiger charge is 2.68. The molecule has 150 valence electrons. The van der Waals surface area contributed by atoms with Gasteiger partial charge < -0.3 is 13.0 Å². The summed E-state index contributed by atoms with van der Waals surface area (Å²) in [7, 11) is -8.27. The Kier molecular flexibility index (Phi) is 9.32. The molecule has 1 aliphatic heterocycles. The van der Waals surface area contributed by atoms with Gasteiger partial charge in [-0.25, -0.2) is 0 Å². The second-order valence-electron chi connectivity index (χ2n) is 9.37. The number of hydrogen-bond donors (Lipinski definition) is 1. The highest BCUT2D eigenvalue weighted by Crippen LogP contribution is 2.42. The second kappa shape index (κ2) is 9.79. The molecule has 0 radical (unpaired) electrons. The summed E-state index contributed by atoms with van der Waals surface area (Å²) in [5.74, 6) is 0. The molecular formula is C18H44O3Si4. The van der Waals surface area contributed by atoms with Gasteiger partial charge in [0, 0.05) is 0 Å². The number of rotatable bonds is 12. The second-order valence-corrected chi connectivity index (χ2v) is 36.5. The van der Waals surface area contributed by atoms with Gasteiger partial charge in [0.25, 0.3) is 0 Å². The Labute approximate surface area is 161 Å². The summed E-state index contributed by atoms with van der Waals surface area (Å²) in [5.41, 5.74) is 0. The van der Waals surface area contributed by atoms with Crippen LogP contribution in [0.3, 0.4) is 0 Å². The van der Waals surface area contributed by atoms with Gasteiger partial charge in [0.1, 0.15) is 0 Å². The molecule has 2 atom stereocenters. The van der Waals surface area contributed by atoms with Gasteiger partial charge >= 0.3 is 8.56 Å². The van der Waals surface area contributed by atoms with Crippen LogP contribution in [-0.2, 0) is 8.23 Å². The quantitative estimate of drug-likeness (QED) is 0.303. The first-order chi connectivity index (χ1) is 11.5. The van der Waals surface area contributed by atoms with Crippen molar-refractivity contribution in [1.29, 1.82) is 0 Å². The van der Waals surface area contributed by atoms with Gasteiger partial charge in [0.15, 0.2) is 15.7 Å². The smallest absolute Gasteiger partial charge is 0.314 e. The zero-order chi connectivity index (χ0) is 19.2. The third-order valence-corrected chi connectivity index (χ3v) is 46.8. The predicted octanol–water partition coefficient (Wildman–Crippen LogP) is 6.16. The lowest BCUT2D eigenvalue weighted by Crippen LogP contribution is -2.71. The fourth-order valence-electron chi connectivity index (χ4n) is 4.11. The van der Waals surface area contributed by atoms with Crippen LogP contribution in [0.4, 0.5) is 0 Å². The van der Waals surface area contributed by atoms with Crippen LogP contribution >= 0.6 is 0 Å². The van der Waals surface area contributed by atoms with Gasteiger partial charge in [-0.3, -0.25) is 0 Å². The Balaban J connectivity index is 2.27. The van der Waals surface area contributed by atoms with Gasteiger partial charge in [0.05, 0.1) is 0 Å². The highest BCUT2D eigenvalue weighted by atomic mass is 29.7. The van der Waals surface area contributed by atoms with E-state index in [0.29, 0.717) is 0 Å². The van der Waals surface area contributed by atoms with E-state index in [1.807, 2.05) is 0 Å². The van der Waals surface area contributed by atoms with Gasteiger partial charge in [-0.15, -0.1) is 0 Å². The Hall–Kier alpha value is 0.748. The Bertz CT molecular complexity index is 400. The standard InChI is InChI=1S/C18H44O3Si4/c1-8-9-10-11-12-13-14-15-16-17-18-24(6)20-23(4,5)25(7,21-24)22(2,3)19/h19H,8-18H2,1-7H3. The molecule has 25 heavy (non-hydrogen) atoms. The van der Waals surface area contributed by atoms with E-state index in [2.05, 4.69) is 46.2 Å². The van der Waals surface area contributed by atoms with Crippen LogP contribution in [0.1, 0.15) is 71.1 Å². The van der Waals surface area contributed by atoms with Gasteiger partial charge in [-0.2, -0.15) is 0 Å². The molecule has 0 bridgehead atoms. The molecule has 0 aromatic rings. The van der Waals surface area contributed by atoms with Crippen molar-refractivity contribution in [2.45, 2.75) is 116 Å². The van der Waals surface area contributed by atoms with Crippen molar-refractivity contribution in [2.75, 3.05) is 0 Å². The lowest BCUT2D eigenvalue weighted by Gasteiger charge is -2.39. The molecule has 1 rings (SSSR count). The molecule has 0 aromatic carbocycles. The molecule has 1 fully saturated rings. The zero-order valence-electron chi connectivity index (χ0n) is 18.0. The topological polar surface area (TPSA) is 38.7 Å². The van der Waals surface area contributed by atoms with Gasteiger partial charge in [0.2, 0.25) is 7.35 Å². The summed E-state index contributed by atoms with van der Waals surface area (Å²) in [5, 5.41) is 0. The molecule has 0 amide bonds. The highest BCUT2D eigenvalue weighted by molar-refractivity contribution is 7.66. The summed E-state index contributed by atoms with van der Waals surface area (Å²) in [6.45, 7) is 15.5. The number of unbranched alkanes of at least 4 members (excludes halogenated alkanes) is 9. The maximum atomic E-state index is 10.8. The van der Waals surface area contributed by atoms with Crippen molar-refractivity contribution in [3.63, 3.8) is 0 Å². The van der Waals surface area contributed by atoms with E-state index in [-0.39, 0.29) is 0 Å². The average Bonchev–Trinajstić information content (AvgIpc) is 2.66. The maximum Gasteiger partial charge on any atom is 0.314 e. The first kappa shape index (κ1) is 23.8. The van der Waals surface area contributed by atoms with Crippen LogP contribution in [0.2, 0.25) is 45.3 Å². The van der Waals surface area contributed by atoms with E-state index >= 15 is 0 Å². The van der Waals surface area contributed by atoms with Crippen molar-refractivity contribution in [1.82, 2.24) is 0 Å². The minimum Gasteiger partial charge on any atom is -0.437 e. The Morgan fingerprint density at radius 1 is 0.720 bits per heavy atom. The van der Waals surface area contributed by atoms with E-state index in [1.54, 1.807) is 0 Å². The fraction of sp³-hybridized carbons (Fsp3) is 1.00. The van der Waals surface area contributed by atoms with Crippen LogP contribution in [0, 0.1) is 0 Å². The Morgan fingerprint density at radius 2 is 1.16 bits per heavy atom. The van der Waals surface area contributed by atoms with Crippen LogP contribution in [0.25, 0.3) is 0 Å². The molecule has 2 unspecified atom stereocenters. The van der Waals surface area contributed by atoms with E-state index in [9.17, 15) is 4.80 Å². The van der Waals surface area contributed by atoms with Crippen molar-refractivity contribution in [3.8, 4) is 0 Å². The first-order valence-electron chi connectivity index (χ1n) is 10.6. The fourth-order valence-corrected chi connectivity index (χ4v) is 49.5. The molecule has 1 saturated heterocycles. The summed E-state index contributed by atoms with van der Waals surface area (Å²) < 4.78 is 13.4. The van der Waals surface area contributed by atoms with Crippen LogP contribution < -0.4 is 0 Å². The van der Waals surface area contributed by atoms with Crippen molar-refractivity contribution < 1.29 is 13.0 Å². The third-order valence-electron chi connectivity index (χ3n) is 6.19. The monoisotopic (exact) mass is 420 g/mol. The average molecular weight is 421 g/mol. The summed E-state index contributed by atoms with van der Waals surface area (Å²) in [4.78, 5) is 10.8. The van der Waals surface area contributed by atoms with Gasteiger partial charge in [-0.05, 0) is 45.3 Å². The predicted molar refractivity (Wildman–Crippen MR) is 119 cm³/mol. The normalized spacial score (nSPS) is 29.3. The number of hydrogen-bond acceptors (Lipinski definition) is 3. The molecular weight excluding hydrogens is 377 g/mol. The lowest BCUT2D eigenvalue weighted by atomic mass is 10.1. The molecule has 0 spiro atoms. The third kappa shape index (κ3) is 6.69. The van der Waals surface area contributed by atoms with Crippen LogP contribution in [0.5, 0.6) is 0 Å². The van der Waals surface area contributed by atoms with Crippen molar-refractivity contribution in [2.24, 2.45) is 0 Å².